The van der Waals surface area contributed by atoms with Crippen molar-refractivity contribution in [2.45, 2.75) is 95.9 Å². The van der Waals surface area contributed by atoms with Gasteiger partial charge in [0.15, 0.2) is 0 Å². The number of ether oxygens (including phenoxy) is 2. The van der Waals surface area contributed by atoms with E-state index < -0.39 is 21.7 Å². The number of likely N-dealkylation sites (tertiary alicyclic amines) is 1. The van der Waals surface area contributed by atoms with Crippen LogP contribution < -0.4 is 9.46 Å². The van der Waals surface area contributed by atoms with Gasteiger partial charge in [0.1, 0.15) is 5.75 Å². The molecule has 2 amide bonds. The van der Waals surface area contributed by atoms with E-state index in [0.717, 1.165) is 59.0 Å². The lowest BCUT2D eigenvalue weighted by Gasteiger charge is -2.45. The highest BCUT2D eigenvalue weighted by atomic mass is 32.2. The molecule has 4 aliphatic rings. The van der Waals surface area contributed by atoms with Crippen LogP contribution in [0.25, 0.3) is 33.8 Å². The topological polar surface area (TPSA) is 148 Å². The van der Waals surface area contributed by atoms with E-state index in [9.17, 15) is 23.1 Å². The van der Waals surface area contributed by atoms with Crippen LogP contribution in [0, 0.1) is 0 Å². The summed E-state index contributed by atoms with van der Waals surface area (Å²) in [6, 6.07) is 11.2. The Morgan fingerprint density at radius 3 is 2.41 bits per heavy atom. The van der Waals surface area contributed by atoms with Crippen LogP contribution in [0.5, 0.6) is 5.75 Å². The molecule has 3 fully saturated rings. The number of nitrogens with zero attached hydrogens (tertiary/aromatic N) is 5. The Labute approximate surface area is 328 Å². The Morgan fingerprint density at radius 1 is 1.00 bits per heavy atom. The Bertz CT molecular complexity index is 2320. The lowest BCUT2D eigenvalue weighted by molar-refractivity contribution is -0.0432. The second-order valence-electron chi connectivity index (χ2n) is 16.3. The van der Waals surface area contributed by atoms with Crippen molar-refractivity contribution in [3.63, 3.8) is 0 Å². The Kier molecular flexibility index (Phi) is 10.1. The second-order valence-corrected chi connectivity index (χ2v) is 18.0. The molecule has 2 aromatic heterocycles. The highest BCUT2D eigenvalue weighted by Gasteiger charge is 2.41. The summed E-state index contributed by atoms with van der Waals surface area (Å²) in [5, 5.41) is 16.6. The summed E-state index contributed by atoms with van der Waals surface area (Å²) in [5.41, 5.74) is 6.40. The summed E-state index contributed by atoms with van der Waals surface area (Å²) < 4.78 is 45.1. The van der Waals surface area contributed by atoms with E-state index in [2.05, 4.69) is 26.5 Å². The van der Waals surface area contributed by atoms with Gasteiger partial charge in [0, 0.05) is 54.3 Å². The van der Waals surface area contributed by atoms with Gasteiger partial charge in [-0.2, -0.15) is 17.8 Å². The number of hydrogen-bond donors (Lipinski definition) is 2. The number of hydrogen-bond acceptors (Lipinski definition) is 8. The fourth-order valence-corrected chi connectivity index (χ4v) is 11.0. The van der Waals surface area contributed by atoms with E-state index in [0.29, 0.717) is 36.4 Å². The number of carbonyl (C=O) groups excluding carboxylic acids is 2. The molecule has 4 aromatic rings. The van der Waals surface area contributed by atoms with E-state index in [-0.39, 0.29) is 55.8 Å². The molecule has 14 heteroatoms. The fourth-order valence-electron chi connectivity index (χ4n) is 9.86. The predicted octanol–water partition coefficient (Wildman–Crippen LogP) is 5.72. The molecule has 5 heterocycles. The lowest BCUT2D eigenvalue weighted by Crippen LogP contribution is -2.55. The van der Waals surface area contributed by atoms with E-state index in [1.807, 2.05) is 50.9 Å². The second kappa shape index (κ2) is 14.8. The van der Waals surface area contributed by atoms with Crippen molar-refractivity contribution >= 4 is 44.6 Å². The summed E-state index contributed by atoms with van der Waals surface area (Å²) in [5.74, 6) is 0.146. The first-order valence-corrected chi connectivity index (χ1v) is 21.2. The zero-order valence-electron chi connectivity index (χ0n) is 32.9. The molecule has 0 bridgehead atoms. The molecule has 3 atom stereocenters. The molecule has 0 spiro atoms. The zero-order chi connectivity index (χ0) is 39.5. The molecule has 56 heavy (non-hydrogen) atoms. The van der Waals surface area contributed by atoms with Gasteiger partial charge in [-0.15, -0.1) is 0 Å². The number of nitrogens with one attached hydrogen (secondary N) is 1. The van der Waals surface area contributed by atoms with Gasteiger partial charge in [-0.1, -0.05) is 25.3 Å². The van der Waals surface area contributed by atoms with Gasteiger partial charge in [0.05, 0.1) is 55.6 Å². The number of amides is 2. The van der Waals surface area contributed by atoms with E-state index in [4.69, 9.17) is 9.47 Å². The molecular weight excluding hydrogens is 733 g/mol. The number of carbonyl (C=O) groups is 2. The number of rotatable bonds is 7. The van der Waals surface area contributed by atoms with E-state index in [1.165, 1.54) is 16.3 Å². The maximum absolute atomic E-state index is 14.6. The molecule has 1 saturated carbocycles. The van der Waals surface area contributed by atoms with Crippen molar-refractivity contribution in [1.29, 1.82) is 0 Å². The molecule has 13 nitrogen and oxygen atoms in total. The van der Waals surface area contributed by atoms with Gasteiger partial charge < -0.3 is 24.0 Å². The minimum atomic E-state index is -4.08. The lowest BCUT2D eigenvalue weighted by atomic mass is 9.81. The first kappa shape index (κ1) is 38.4. The molecule has 2 aromatic carbocycles. The summed E-state index contributed by atoms with van der Waals surface area (Å²) in [6.07, 6.45) is 10.2. The monoisotopic (exact) mass is 784 g/mol. The van der Waals surface area contributed by atoms with Crippen LogP contribution in [0.2, 0.25) is 0 Å². The van der Waals surface area contributed by atoms with Crippen molar-refractivity contribution in [2.24, 2.45) is 7.05 Å². The number of aromatic nitrogens is 3. The fraction of sp³-hybridized carbons (Fsp3) is 0.500. The van der Waals surface area contributed by atoms with Crippen molar-refractivity contribution in [2.75, 3.05) is 33.4 Å². The molecule has 2 N–H and O–H groups in total. The van der Waals surface area contributed by atoms with Gasteiger partial charge in [0.2, 0.25) is 0 Å². The largest absolute Gasteiger partial charge is 0.497 e. The molecule has 2 saturated heterocycles. The van der Waals surface area contributed by atoms with Gasteiger partial charge in [-0.05, 0) is 105 Å². The minimum Gasteiger partial charge on any atom is -0.497 e. The Hall–Kier alpha value is -4.50. The van der Waals surface area contributed by atoms with Gasteiger partial charge >= 0.3 is 10.2 Å². The SMILES string of the molecule is COc1ccc2c(c1)C=C(c1c(C(=O)N3[C@H](C)C[C@](C)(O)C[C@@H]3C)cnn1C)Cn1c-2c(C2CCCCC2)c2ccc(C(=O)NS(=O)(=O)N3CCOCC3)cc21. The molecule has 0 radical (unpaired) electrons. The highest BCUT2D eigenvalue weighted by molar-refractivity contribution is 7.87. The van der Waals surface area contributed by atoms with Crippen LogP contribution in [0.15, 0.2) is 42.6 Å². The average Bonchev–Trinajstić information content (AvgIpc) is 3.65. The van der Waals surface area contributed by atoms with Gasteiger partial charge in [0.25, 0.3) is 11.8 Å². The number of aryl methyl sites for hydroxylation is 1. The van der Waals surface area contributed by atoms with Crippen LogP contribution in [0.1, 0.15) is 109 Å². The Balaban J connectivity index is 1.28. The van der Waals surface area contributed by atoms with E-state index >= 15 is 0 Å². The normalized spacial score (nSPS) is 23.6. The van der Waals surface area contributed by atoms with Crippen LogP contribution in [0.3, 0.4) is 0 Å². The molecule has 0 unspecified atom stereocenters. The smallest absolute Gasteiger partial charge is 0.304 e. The number of morpholine rings is 1. The molecule has 1 aliphatic carbocycles. The first-order chi connectivity index (χ1) is 26.8. The van der Waals surface area contributed by atoms with E-state index in [1.54, 1.807) is 30.1 Å². The average molecular weight is 785 g/mol. The van der Waals surface area contributed by atoms with Crippen molar-refractivity contribution < 1.29 is 32.6 Å². The number of fused-ring (bicyclic) bond motifs is 5. The quantitative estimate of drug-likeness (QED) is 0.242. The maximum Gasteiger partial charge on any atom is 0.304 e. The van der Waals surface area contributed by atoms with Crippen LogP contribution in [0.4, 0.5) is 0 Å². The molecule has 298 valence electrons. The van der Waals surface area contributed by atoms with Gasteiger partial charge in [-0.25, -0.2) is 4.72 Å². The Morgan fingerprint density at radius 2 is 1.71 bits per heavy atom. The number of allylic oxidation sites excluding steroid dienone is 1. The predicted molar refractivity (Wildman–Crippen MR) is 215 cm³/mol. The van der Waals surface area contributed by atoms with Crippen LogP contribution >= 0.6 is 0 Å². The third kappa shape index (κ3) is 6.94. The number of piperidine rings is 1. The van der Waals surface area contributed by atoms with Crippen molar-refractivity contribution in [1.82, 2.24) is 28.3 Å². The van der Waals surface area contributed by atoms with Crippen molar-refractivity contribution in [3.05, 3.63) is 70.5 Å². The van der Waals surface area contributed by atoms with Crippen LogP contribution in [-0.4, -0.2) is 100.0 Å². The maximum atomic E-state index is 14.6. The standard InChI is InChI=1S/C42H52N6O7S/c1-26-22-42(3,51)23-27(2)48(26)41(50)35-24-43-45(4)38(35)31-19-30-20-32(54-5)12-14-33(30)39-37(28-9-7-6-8-10-28)34-13-11-29(21-36(34)47(39)25-31)40(49)44-56(52,53)46-15-17-55-18-16-46/h11-14,19-21,24,26-28,51H,6-10,15-18,22-23,25H2,1-5H3,(H,44,49)/t26-,27+,42+. The number of benzene rings is 2. The highest BCUT2D eigenvalue weighted by Crippen LogP contribution is 2.48. The third-order valence-electron chi connectivity index (χ3n) is 12.2. The minimum absolute atomic E-state index is 0.138. The number of methoxy groups -OCH3 is 1. The molecular formula is C42H52N6O7S. The third-order valence-corrected chi connectivity index (χ3v) is 13.7. The van der Waals surface area contributed by atoms with Crippen LogP contribution in [-0.2, 0) is 28.5 Å². The van der Waals surface area contributed by atoms with Gasteiger partial charge in [-0.3, -0.25) is 14.3 Å². The molecule has 8 rings (SSSR count). The number of aliphatic hydroxyl groups is 1. The van der Waals surface area contributed by atoms with Crippen molar-refractivity contribution in [3.8, 4) is 17.0 Å². The summed E-state index contributed by atoms with van der Waals surface area (Å²) in [6.45, 7) is 7.04. The molecule has 3 aliphatic heterocycles. The summed E-state index contributed by atoms with van der Waals surface area (Å²) >= 11 is 0. The first-order valence-electron chi connectivity index (χ1n) is 19.8. The summed E-state index contributed by atoms with van der Waals surface area (Å²) in [7, 11) is -0.586. The summed E-state index contributed by atoms with van der Waals surface area (Å²) in [4.78, 5) is 30.2. The zero-order valence-corrected chi connectivity index (χ0v) is 33.7.